The zero-order valence-electron chi connectivity index (χ0n) is 18.8. The molecule has 0 spiro atoms. The van der Waals surface area contributed by atoms with Crippen LogP contribution in [0.25, 0.3) is 11.1 Å². The van der Waals surface area contributed by atoms with E-state index >= 15 is 0 Å². The zero-order valence-corrected chi connectivity index (χ0v) is 19.6. The Kier molecular flexibility index (Phi) is 6.67. The number of carbonyl (C=O) groups excluding carboxylic acids is 2. The predicted molar refractivity (Wildman–Crippen MR) is 134 cm³/mol. The highest BCUT2D eigenvalue weighted by Gasteiger charge is 2.22. The molecule has 3 aromatic carbocycles. The number of carbonyl (C=O) groups is 2. The smallest absolute Gasteiger partial charge is 0.257 e. The lowest BCUT2D eigenvalue weighted by atomic mass is 10.1. The Bertz CT molecular complexity index is 1320. The summed E-state index contributed by atoms with van der Waals surface area (Å²) in [5.74, 6) is -0.519. The van der Waals surface area contributed by atoms with Gasteiger partial charge in [0, 0.05) is 43.1 Å². The van der Waals surface area contributed by atoms with E-state index in [4.69, 9.17) is 4.42 Å². The quantitative estimate of drug-likeness (QED) is 0.396. The molecule has 0 radical (unpaired) electrons. The molecule has 1 aromatic heterocycles. The number of piperazine rings is 1. The van der Waals surface area contributed by atoms with Crippen LogP contribution in [0.15, 0.2) is 82.4 Å². The lowest BCUT2D eigenvalue weighted by Crippen LogP contribution is -2.48. The van der Waals surface area contributed by atoms with Gasteiger partial charge in [-0.25, -0.2) is 9.37 Å². The summed E-state index contributed by atoms with van der Waals surface area (Å²) in [5, 5.41) is 3.35. The molecular weight excluding hydrogens is 467 g/mol. The number of nitrogens with one attached hydrogen (secondary N) is 1. The number of anilines is 2. The Balaban J connectivity index is 1.11. The zero-order chi connectivity index (χ0) is 24.2. The van der Waals surface area contributed by atoms with Crippen molar-refractivity contribution in [3.05, 3.63) is 84.2 Å². The van der Waals surface area contributed by atoms with Crippen molar-refractivity contribution in [1.82, 2.24) is 9.88 Å². The van der Waals surface area contributed by atoms with Gasteiger partial charge >= 0.3 is 0 Å². The van der Waals surface area contributed by atoms with Crippen LogP contribution in [-0.4, -0.2) is 53.6 Å². The van der Waals surface area contributed by atoms with Gasteiger partial charge in [0.1, 0.15) is 11.3 Å². The van der Waals surface area contributed by atoms with Gasteiger partial charge in [-0.1, -0.05) is 30.0 Å². The summed E-state index contributed by atoms with van der Waals surface area (Å²) in [6.45, 7) is 2.46. The van der Waals surface area contributed by atoms with E-state index in [0.29, 0.717) is 48.2 Å². The fraction of sp³-hybridized carbons (Fsp3) is 0.192. The number of hydrogen-bond acceptors (Lipinski definition) is 6. The van der Waals surface area contributed by atoms with E-state index in [9.17, 15) is 14.0 Å². The minimum Gasteiger partial charge on any atom is -0.431 e. The van der Waals surface area contributed by atoms with Crippen molar-refractivity contribution in [1.29, 1.82) is 0 Å². The average Bonchev–Trinajstić information content (AvgIpc) is 3.31. The number of rotatable bonds is 6. The molecule has 1 fully saturated rings. The van der Waals surface area contributed by atoms with Crippen LogP contribution in [0.3, 0.4) is 0 Å². The molecular formula is C26H23FN4O3S. The third-order valence-electron chi connectivity index (χ3n) is 5.76. The molecule has 178 valence electrons. The van der Waals surface area contributed by atoms with Crippen LogP contribution in [0.1, 0.15) is 10.4 Å². The summed E-state index contributed by atoms with van der Waals surface area (Å²) in [4.78, 5) is 33.3. The molecule has 0 saturated carbocycles. The molecule has 35 heavy (non-hydrogen) atoms. The van der Waals surface area contributed by atoms with E-state index in [0.717, 1.165) is 11.2 Å². The van der Waals surface area contributed by atoms with Crippen LogP contribution in [-0.2, 0) is 4.79 Å². The number of aromatic nitrogens is 1. The van der Waals surface area contributed by atoms with Crippen molar-refractivity contribution >= 4 is 46.1 Å². The van der Waals surface area contributed by atoms with Gasteiger partial charge in [0.25, 0.3) is 11.1 Å². The summed E-state index contributed by atoms with van der Waals surface area (Å²) in [6, 6.07) is 20.9. The number of oxazole rings is 1. The van der Waals surface area contributed by atoms with Gasteiger partial charge in [0.15, 0.2) is 5.58 Å². The predicted octanol–water partition coefficient (Wildman–Crippen LogP) is 4.66. The van der Waals surface area contributed by atoms with Crippen molar-refractivity contribution < 1.29 is 18.4 Å². The van der Waals surface area contributed by atoms with E-state index in [1.54, 1.807) is 17.0 Å². The molecule has 0 atom stereocenters. The lowest BCUT2D eigenvalue weighted by molar-refractivity contribution is -0.113. The standard InChI is InChI=1S/C26H23FN4O3S/c27-19-5-3-4-18(16-19)25(33)31-14-12-30(13-15-31)21-10-8-20(9-11-21)28-24(32)17-35-26-29-22-6-1-2-7-23(22)34-26/h1-11,16H,12-15,17H2,(H,28,32). The average molecular weight is 491 g/mol. The Morgan fingerprint density at radius 1 is 0.971 bits per heavy atom. The molecule has 0 aliphatic carbocycles. The number of nitrogens with zero attached hydrogens (tertiary/aromatic N) is 3. The Hall–Kier alpha value is -3.85. The van der Waals surface area contributed by atoms with Crippen LogP contribution < -0.4 is 10.2 Å². The van der Waals surface area contributed by atoms with E-state index in [-0.39, 0.29) is 17.6 Å². The second-order valence-corrected chi connectivity index (χ2v) is 9.05. The third-order valence-corrected chi connectivity index (χ3v) is 6.58. The van der Waals surface area contributed by atoms with Crippen LogP contribution in [0, 0.1) is 5.82 Å². The van der Waals surface area contributed by atoms with E-state index in [2.05, 4.69) is 15.2 Å². The van der Waals surface area contributed by atoms with Crippen LogP contribution in [0.5, 0.6) is 0 Å². The minimum atomic E-state index is -0.411. The van der Waals surface area contributed by atoms with Gasteiger partial charge in [-0.3, -0.25) is 9.59 Å². The van der Waals surface area contributed by atoms with Crippen molar-refractivity contribution in [2.24, 2.45) is 0 Å². The monoisotopic (exact) mass is 490 g/mol. The normalized spacial score (nSPS) is 13.7. The van der Waals surface area contributed by atoms with Gasteiger partial charge in [-0.2, -0.15) is 0 Å². The second-order valence-electron chi connectivity index (χ2n) is 8.12. The van der Waals surface area contributed by atoms with Crippen molar-refractivity contribution in [3.8, 4) is 0 Å². The summed E-state index contributed by atoms with van der Waals surface area (Å²) in [6.07, 6.45) is 0. The van der Waals surface area contributed by atoms with Gasteiger partial charge < -0.3 is 19.5 Å². The first-order chi connectivity index (χ1) is 17.0. The maximum Gasteiger partial charge on any atom is 0.257 e. The van der Waals surface area contributed by atoms with E-state index < -0.39 is 5.82 Å². The molecule has 4 aromatic rings. The SMILES string of the molecule is O=C(CSc1nc2ccccc2o1)Nc1ccc(N2CCN(C(=O)c3cccc(F)c3)CC2)cc1. The molecule has 2 amide bonds. The minimum absolute atomic E-state index is 0.144. The molecule has 1 aliphatic rings. The summed E-state index contributed by atoms with van der Waals surface area (Å²) in [5.41, 5.74) is 3.56. The summed E-state index contributed by atoms with van der Waals surface area (Å²) < 4.78 is 19.1. The Morgan fingerprint density at radius 3 is 2.49 bits per heavy atom. The molecule has 0 unspecified atom stereocenters. The first-order valence-electron chi connectivity index (χ1n) is 11.2. The number of benzene rings is 3. The lowest BCUT2D eigenvalue weighted by Gasteiger charge is -2.36. The fourth-order valence-electron chi connectivity index (χ4n) is 3.96. The second kappa shape index (κ2) is 10.2. The van der Waals surface area contributed by atoms with Crippen molar-refractivity contribution in [3.63, 3.8) is 0 Å². The number of hydrogen-bond donors (Lipinski definition) is 1. The van der Waals surface area contributed by atoms with E-state index in [1.165, 1.54) is 23.9 Å². The van der Waals surface area contributed by atoms with Crippen LogP contribution >= 0.6 is 11.8 Å². The van der Waals surface area contributed by atoms with Crippen LogP contribution in [0.2, 0.25) is 0 Å². The molecule has 0 bridgehead atoms. The largest absolute Gasteiger partial charge is 0.431 e. The third kappa shape index (κ3) is 5.46. The van der Waals surface area contributed by atoms with Gasteiger partial charge in [0.2, 0.25) is 5.91 Å². The van der Waals surface area contributed by atoms with E-state index in [1.807, 2.05) is 48.5 Å². The van der Waals surface area contributed by atoms with Gasteiger partial charge in [0.05, 0.1) is 5.75 Å². The first-order valence-corrected chi connectivity index (χ1v) is 12.2. The highest BCUT2D eigenvalue weighted by Crippen LogP contribution is 2.24. The maximum absolute atomic E-state index is 13.4. The number of thioether (sulfide) groups is 1. The highest BCUT2D eigenvalue weighted by atomic mass is 32.2. The van der Waals surface area contributed by atoms with Gasteiger partial charge in [-0.05, 0) is 54.6 Å². The Labute approximate surface area is 205 Å². The Morgan fingerprint density at radius 2 is 1.74 bits per heavy atom. The molecule has 1 N–H and O–H groups in total. The maximum atomic E-state index is 13.4. The van der Waals surface area contributed by atoms with Crippen molar-refractivity contribution in [2.75, 3.05) is 42.1 Å². The number of fused-ring (bicyclic) bond motifs is 1. The molecule has 5 rings (SSSR count). The summed E-state index contributed by atoms with van der Waals surface area (Å²) >= 11 is 1.25. The molecule has 2 heterocycles. The highest BCUT2D eigenvalue weighted by molar-refractivity contribution is 7.99. The molecule has 9 heteroatoms. The summed E-state index contributed by atoms with van der Waals surface area (Å²) in [7, 11) is 0. The number of halogens is 1. The molecule has 7 nitrogen and oxygen atoms in total. The number of amides is 2. The first kappa shape index (κ1) is 22.9. The molecule has 1 aliphatic heterocycles. The van der Waals surface area contributed by atoms with Crippen molar-refractivity contribution in [2.45, 2.75) is 5.22 Å². The van der Waals surface area contributed by atoms with Crippen LogP contribution in [0.4, 0.5) is 15.8 Å². The topological polar surface area (TPSA) is 78.7 Å². The molecule has 1 saturated heterocycles. The fourth-order valence-corrected chi connectivity index (χ4v) is 4.60. The van der Waals surface area contributed by atoms with Gasteiger partial charge in [-0.15, -0.1) is 0 Å². The number of para-hydroxylation sites is 2.